The lowest BCUT2D eigenvalue weighted by Crippen LogP contribution is -2.47. The van der Waals surface area contributed by atoms with Gasteiger partial charge in [0.25, 0.3) is 5.91 Å². The van der Waals surface area contributed by atoms with Crippen LogP contribution in [-0.2, 0) is 16.0 Å². The maximum atomic E-state index is 12.8. The summed E-state index contributed by atoms with van der Waals surface area (Å²) in [7, 11) is 0. The molecule has 3 N–H and O–H groups in total. The molecule has 1 aromatic carbocycles. The van der Waals surface area contributed by atoms with Crippen LogP contribution in [0.5, 0.6) is 0 Å². The van der Waals surface area contributed by atoms with Gasteiger partial charge in [0.2, 0.25) is 5.91 Å². The van der Waals surface area contributed by atoms with Crippen molar-refractivity contribution in [1.82, 2.24) is 10.2 Å². The molecule has 0 saturated carbocycles. The number of benzene rings is 1. The summed E-state index contributed by atoms with van der Waals surface area (Å²) in [5.74, 6) is -0.585. The number of nitrogens with zero attached hydrogens (tertiary/aromatic N) is 2. The lowest BCUT2D eigenvalue weighted by Gasteiger charge is -2.31. The maximum Gasteiger partial charge on any atom is 0.325 e. The number of nitrogens with one attached hydrogen (secondary N) is 1. The first-order valence-corrected chi connectivity index (χ1v) is 8.75. The fourth-order valence-corrected chi connectivity index (χ4v) is 3.68. The minimum absolute atomic E-state index is 0. The van der Waals surface area contributed by atoms with E-state index < -0.39 is 11.6 Å². The number of nitrogen functional groups attached to an aromatic ring is 1. The molecule has 0 radical (unpaired) electrons. The number of carbonyl (C=O) groups excluding carboxylic acids is 3. The third-order valence-electron chi connectivity index (χ3n) is 5.33. The molecule has 1 aromatic rings. The Morgan fingerprint density at radius 3 is 2.58 bits per heavy atom. The van der Waals surface area contributed by atoms with E-state index in [9.17, 15) is 14.4 Å². The first kappa shape index (κ1) is 20.0. The van der Waals surface area contributed by atoms with Gasteiger partial charge in [-0.2, -0.15) is 0 Å². The predicted octanol–water partition coefficient (Wildman–Crippen LogP) is 2.08. The summed E-state index contributed by atoms with van der Waals surface area (Å²) < 4.78 is 0. The van der Waals surface area contributed by atoms with Crippen molar-refractivity contribution < 1.29 is 14.4 Å². The number of anilines is 2. The second-order valence-electron chi connectivity index (χ2n) is 6.60. The minimum Gasteiger partial charge on any atom is -0.398 e. The normalized spacial score (nSPS) is 18.2. The van der Waals surface area contributed by atoms with Crippen LogP contribution >= 0.6 is 12.4 Å². The largest absolute Gasteiger partial charge is 0.398 e. The van der Waals surface area contributed by atoms with E-state index in [2.05, 4.69) is 5.32 Å². The molecule has 0 spiro atoms. The van der Waals surface area contributed by atoms with Crippen molar-refractivity contribution >= 4 is 41.6 Å². The lowest BCUT2D eigenvalue weighted by atomic mass is 9.93. The highest BCUT2D eigenvalue weighted by Crippen LogP contribution is 2.32. The van der Waals surface area contributed by atoms with E-state index in [-0.39, 0.29) is 30.8 Å². The van der Waals surface area contributed by atoms with Crippen LogP contribution in [0.15, 0.2) is 18.2 Å². The van der Waals surface area contributed by atoms with E-state index in [1.807, 2.05) is 32.0 Å². The molecule has 2 aliphatic heterocycles. The molecule has 8 heteroatoms. The van der Waals surface area contributed by atoms with Gasteiger partial charge in [0, 0.05) is 17.9 Å². The van der Waals surface area contributed by atoms with Crippen LogP contribution in [-0.4, -0.2) is 41.4 Å². The van der Waals surface area contributed by atoms with Gasteiger partial charge < -0.3 is 16.0 Å². The highest BCUT2D eigenvalue weighted by Gasteiger charge is 2.49. The summed E-state index contributed by atoms with van der Waals surface area (Å²) in [5.41, 5.74) is 7.53. The summed E-state index contributed by atoms with van der Waals surface area (Å²) in [6, 6.07) is 5.00. The average molecular weight is 381 g/mol. The molecular formula is C18H25ClN4O3. The number of rotatable bonds is 4. The van der Waals surface area contributed by atoms with E-state index in [0.29, 0.717) is 25.1 Å². The molecule has 0 unspecified atom stereocenters. The molecule has 26 heavy (non-hydrogen) atoms. The zero-order chi connectivity index (χ0) is 18.2. The predicted molar refractivity (Wildman–Crippen MR) is 102 cm³/mol. The molecule has 1 saturated heterocycles. The zero-order valence-corrected chi connectivity index (χ0v) is 15.9. The van der Waals surface area contributed by atoms with Crippen LogP contribution < -0.4 is 16.0 Å². The van der Waals surface area contributed by atoms with Crippen molar-refractivity contribution in [1.29, 1.82) is 0 Å². The van der Waals surface area contributed by atoms with Crippen molar-refractivity contribution in [3.05, 3.63) is 23.8 Å². The number of imide groups is 1. The van der Waals surface area contributed by atoms with Gasteiger partial charge in [0.15, 0.2) is 0 Å². The average Bonchev–Trinajstić information content (AvgIpc) is 2.86. The molecule has 0 atom stereocenters. The van der Waals surface area contributed by atoms with Gasteiger partial charge in [-0.25, -0.2) is 4.79 Å². The topological polar surface area (TPSA) is 95.7 Å². The quantitative estimate of drug-likeness (QED) is 0.617. The van der Waals surface area contributed by atoms with Crippen molar-refractivity contribution in [3.8, 4) is 0 Å². The van der Waals surface area contributed by atoms with Crippen molar-refractivity contribution in [2.24, 2.45) is 0 Å². The molecule has 0 aromatic heterocycles. The van der Waals surface area contributed by atoms with E-state index >= 15 is 0 Å². The Kier molecular flexibility index (Phi) is 5.81. The molecule has 0 bridgehead atoms. The first-order valence-electron chi connectivity index (χ1n) is 8.75. The Labute approximate surface area is 159 Å². The third-order valence-corrected chi connectivity index (χ3v) is 5.33. The van der Waals surface area contributed by atoms with Gasteiger partial charge in [-0.15, -0.1) is 12.4 Å². The van der Waals surface area contributed by atoms with Gasteiger partial charge >= 0.3 is 6.03 Å². The number of fused-ring (bicyclic) bond motifs is 1. The SMILES string of the molecule is CCC1(CC)NC(=O)N(CC(=O)N2CCCc3c(N)cccc32)C1=O.Cl. The van der Waals surface area contributed by atoms with Crippen LogP contribution in [0.1, 0.15) is 38.7 Å². The van der Waals surface area contributed by atoms with Crippen LogP contribution in [0.3, 0.4) is 0 Å². The summed E-state index contributed by atoms with van der Waals surface area (Å²) in [6.07, 6.45) is 2.63. The van der Waals surface area contributed by atoms with Crippen molar-refractivity contribution in [2.75, 3.05) is 23.7 Å². The van der Waals surface area contributed by atoms with Crippen molar-refractivity contribution in [3.63, 3.8) is 0 Å². The van der Waals surface area contributed by atoms with E-state index in [0.717, 1.165) is 29.0 Å². The number of hydrogen-bond donors (Lipinski definition) is 2. The number of nitrogens with two attached hydrogens (primary N) is 1. The fourth-order valence-electron chi connectivity index (χ4n) is 3.68. The maximum absolute atomic E-state index is 12.8. The second-order valence-corrected chi connectivity index (χ2v) is 6.60. The molecule has 2 aliphatic rings. The van der Waals surface area contributed by atoms with Gasteiger partial charge in [0.1, 0.15) is 12.1 Å². The van der Waals surface area contributed by atoms with Gasteiger partial charge in [0.05, 0.1) is 0 Å². The molecule has 2 heterocycles. The molecular weight excluding hydrogens is 356 g/mol. The lowest BCUT2D eigenvalue weighted by molar-refractivity contribution is -0.134. The number of halogens is 1. The van der Waals surface area contributed by atoms with E-state index in [4.69, 9.17) is 5.73 Å². The third kappa shape index (κ3) is 3.11. The Bertz CT molecular complexity index is 733. The molecule has 0 aliphatic carbocycles. The standard InChI is InChI=1S/C18H24N4O3.ClH/c1-3-18(4-2)16(24)22(17(25)20-18)11-15(23)21-10-6-7-12-13(19)8-5-9-14(12)21;/h5,8-9H,3-4,6-7,10-11,19H2,1-2H3,(H,20,25);1H. The van der Waals surface area contributed by atoms with E-state index in [1.165, 1.54) is 0 Å². The second kappa shape index (κ2) is 7.53. The van der Waals surface area contributed by atoms with Gasteiger partial charge in [-0.1, -0.05) is 19.9 Å². The van der Waals surface area contributed by atoms with E-state index in [1.54, 1.807) is 4.90 Å². The number of urea groups is 1. The molecule has 3 rings (SSSR count). The molecule has 1 fully saturated rings. The smallest absolute Gasteiger partial charge is 0.325 e. The monoisotopic (exact) mass is 380 g/mol. The van der Waals surface area contributed by atoms with Crippen LogP contribution in [0.25, 0.3) is 0 Å². The molecule has 4 amide bonds. The van der Waals surface area contributed by atoms with Crippen LogP contribution in [0, 0.1) is 0 Å². The number of carbonyl (C=O) groups is 3. The summed E-state index contributed by atoms with van der Waals surface area (Å²) in [5, 5.41) is 2.75. The summed E-state index contributed by atoms with van der Waals surface area (Å²) in [4.78, 5) is 40.4. The number of amides is 4. The summed E-state index contributed by atoms with van der Waals surface area (Å²) >= 11 is 0. The Balaban J connectivity index is 0.00000243. The Morgan fingerprint density at radius 2 is 1.96 bits per heavy atom. The first-order chi connectivity index (χ1) is 11.9. The minimum atomic E-state index is -0.887. The van der Waals surface area contributed by atoms with Crippen LogP contribution in [0.2, 0.25) is 0 Å². The number of hydrogen-bond acceptors (Lipinski definition) is 4. The van der Waals surface area contributed by atoms with Crippen LogP contribution in [0.4, 0.5) is 16.2 Å². The zero-order valence-electron chi connectivity index (χ0n) is 15.1. The Morgan fingerprint density at radius 1 is 1.27 bits per heavy atom. The molecule has 7 nitrogen and oxygen atoms in total. The van der Waals surface area contributed by atoms with Gasteiger partial charge in [-0.05, 0) is 43.4 Å². The molecule has 142 valence electrons. The Hall–Kier alpha value is -2.28. The van der Waals surface area contributed by atoms with Crippen molar-refractivity contribution in [2.45, 2.75) is 45.1 Å². The summed E-state index contributed by atoms with van der Waals surface area (Å²) in [6.45, 7) is 4.03. The highest BCUT2D eigenvalue weighted by molar-refractivity contribution is 6.10. The fraction of sp³-hybridized carbons (Fsp3) is 0.500. The van der Waals surface area contributed by atoms with Gasteiger partial charge in [-0.3, -0.25) is 14.5 Å². The highest BCUT2D eigenvalue weighted by atomic mass is 35.5.